The lowest BCUT2D eigenvalue weighted by Gasteiger charge is -2.03. The van der Waals surface area contributed by atoms with E-state index in [2.05, 4.69) is 41.2 Å². The van der Waals surface area contributed by atoms with E-state index in [1.165, 1.54) is 10.9 Å². The number of aromatic amines is 1. The lowest BCUT2D eigenvalue weighted by Crippen LogP contribution is -1.95. The van der Waals surface area contributed by atoms with Crippen LogP contribution in [-0.4, -0.2) is 9.97 Å². The zero-order valence-electron chi connectivity index (χ0n) is 11.2. The first kappa shape index (κ1) is 11.9. The van der Waals surface area contributed by atoms with Crippen LogP contribution < -0.4 is 5.73 Å². The van der Waals surface area contributed by atoms with Crippen LogP contribution >= 0.6 is 0 Å². The molecule has 3 N–H and O–H groups in total. The Morgan fingerprint density at radius 1 is 1.21 bits per heavy atom. The molecule has 19 heavy (non-hydrogen) atoms. The maximum absolute atomic E-state index is 5.71. The van der Waals surface area contributed by atoms with Crippen LogP contribution in [0.1, 0.15) is 16.8 Å². The lowest BCUT2D eigenvalue weighted by molar-refractivity contribution is 1.08. The fourth-order valence-electron chi connectivity index (χ4n) is 2.52. The van der Waals surface area contributed by atoms with Gasteiger partial charge in [0.25, 0.3) is 0 Å². The van der Waals surface area contributed by atoms with E-state index in [9.17, 15) is 0 Å². The summed E-state index contributed by atoms with van der Waals surface area (Å²) >= 11 is 0. The van der Waals surface area contributed by atoms with Crippen molar-refractivity contribution in [2.75, 3.05) is 0 Å². The number of pyridine rings is 1. The molecular formula is C16H17N3. The van der Waals surface area contributed by atoms with Crippen molar-refractivity contribution in [2.45, 2.75) is 20.4 Å². The summed E-state index contributed by atoms with van der Waals surface area (Å²) in [6.07, 6.45) is 1.82. The number of nitrogens with one attached hydrogen (secondary N) is 1. The van der Waals surface area contributed by atoms with E-state index in [1.807, 2.05) is 19.2 Å². The Morgan fingerprint density at radius 2 is 2.05 bits per heavy atom. The predicted molar refractivity (Wildman–Crippen MR) is 78.9 cm³/mol. The van der Waals surface area contributed by atoms with Crippen molar-refractivity contribution in [3.63, 3.8) is 0 Å². The summed E-state index contributed by atoms with van der Waals surface area (Å²) in [5, 5.41) is 1.24. The van der Waals surface area contributed by atoms with Crippen molar-refractivity contribution in [3.8, 4) is 11.3 Å². The number of nitrogens with zero attached hydrogens (tertiary/aromatic N) is 1. The molecule has 0 atom stereocenters. The molecule has 3 aromatic rings. The van der Waals surface area contributed by atoms with Crippen LogP contribution in [0, 0.1) is 13.8 Å². The quantitative estimate of drug-likeness (QED) is 0.734. The SMILES string of the molecule is Cc1ncccc1-c1[nH]c2ccc(CN)cc2c1C. The van der Waals surface area contributed by atoms with Gasteiger partial charge >= 0.3 is 0 Å². The van der Waals surface area contributed by atoms with Crippen LogP contribution in [0.2, 0.25) is 0 Å². The maximum Gasteiger partial charge on any atom is 0.0512 e. The largest absolute Gasteiger partial charge is 0.354 e. The molecule has 3 heteroatoms. The molecule has 3 nitrogen and oxygen atoms in total. The number of nitrogens with two attached hydrogens (primary N) is 1. The van der Waals surface area contributed by atoms with Gasteiger partial charge in [-0.3, -0.25) is 4.98 Å². The zero-order chi connectivity index (χ0) is 13.4. The van der Waals surface area contributed by atoms with Crippen molar-refractivity contribution < 1.29 is 0 Å². The number of aromatic nitrogens is 2. The highest BCUT2D eigenvalue weighted by Gasteiger charge is 2.11. The van der Waals surface area contributed by atoms with E-state index in [0.29, 0.717) is 6.54 Å². The van der Waals surface area contributed by atoms with Gasteiger partial charge in [0.1, 0.15) is 0 Å². The summed E-state index contributed by atoms with van der Waals surface area (Å²) in [5.74, 6) is 0. The minimum Gasteiger partial charge on any atom is -0.354 e. The van der Waals surface area contributed by atoms with Crippen LogP contribution in [0.15, 0.2) is 36.5 Å². The number of rotatable bonds is 2. The molecule has 0 aliphatic heterocycles. The molecule has 2 aromatic heterocycles. The number of hydrogen-bond acceptors (Lipinski definition) is 2. The Bertz CT molecular complexity index is 741. The summed E-state index contributed by atoms with van der Waals surface area (Å²) in [6, 6.07) is 10.4. The summed E-state index contributed by atoms with van der Waals surface area (Å²) < 4.78 is 0. The van der Waals surface area contributed by atoms with E-state index in [-0.39, 0.29) is 0 Å². The molecule has 0 unspecified atom stereocenters. The fourth-order valence-corrected chi connectivity index (χ4v) is 2.52. The average Bonchev–Trinajstić information content (AvgIpc) is 2.76. The van der Waals surface area contributed by atoms with Gasteiger partial charge in [-0.25, -0.2) is 0 Å². The van der Waals surface area contributed by atoms with Gasteiger partial charge in [0.15, 0.2) is 0 Å². The monoisotopic (exact) mass is 251 g/mol. The molecule has 0 amide bonds. The third-order valence-corrected chi connectivity index (χ3v) is 3.63. The molecule has 1 aromatic carbocycles. The molecule has 0 saturated carbocycles. The van der Waals surface area contributed by atoms with Gasteiger partial charge in [-0.05, 0) is 49.2 Å². The average molecular weight is 251 g/mol. The Balaban J connectivity index is 2.26. The van der Waals surface area contributed by atoms with Gasteiger partial charge in [0, 0.05) is 34.9 Å². The molecule has 0 aliphatic carbocycles. The zero-order valence-corrected chi connectivity index (χ0v) is 11.2. The van der Waals surface area contributed by atoms with Gasteiger partial charge in [-0.2, -0.15) is 0 Å². The standard InChI is InChI=1S/C16H17N3/c1-10-14-8-12(9-17)5-6-15(14)19-16(10)13-4-3-7-18-11(13)2/h3-8,19H,9,17H2,1-2H3. The highest BCUT2D eigenvalue weighted by Crippen LogP contribution is 2.31. The van der Waals surface area contributed by atoms with E-state index < -0.39 is 0 Å². The van der Waals surface area contributed by atoms with E-state index in [4.69, 9.17) is 5.73 Å². The third kappa shape index (κ3) is 1.92. The number of hydrogen-bond donors (Lipinski definition) is 2. The lowest BCUT2D eigenvalue weighted by atomic mass is 10.0. The first-order valence-electron chi connectivity index (χ1n) is 6.44. The molecule has 0 spiro atoms. The number of fused-ring (bicyclic) bond motifs is 1. The van der Waals surface area contributed by atoms with Crippen molar-refractivity contribution in [3.05, 3.63) is 53.3 Å². The van der Waals surface area contributed by atoms with E-state index in [0.717, 1.165) is 28.0 Å². The molecule has 0 radical (unpaired) electrons. The highest BCUT2D eigenvalue weighted by atomic mass is 14.7. The molecule has 0 fully saturated rings. The second-order valence-electron chi connectivity index (χ2n) is 4.85. The maximum atomic E-state index is 5.71. The number of benzene rings is 1. The normalized spacial score (nSPS) is 11.1. The second kappa shape index (κ2) is 4.52. The predicted octanol–water partition coefficient (Wildman–Crippen LogP) is 3.31. The first-order valence-corrected chi connectivity index (χ1v) is 6.44. The Kier molecular flexibility index (Phi) is 2.84. The van der Waals surface area contributed by atoms with Crippen molar-refractivity contribution in [1.29, 1.82) is 0 Å². The van der Waals surface area contributed by atoms with Gasteiger partial charge in [0.05, 0.1) is 5.69 Å². The van der Waals surface area contributed by atoms with Crippen molar-refractivity contribution in [2.24, 2.45) is 5.73 Å². The Labute approximate surface area is 112 Å². The number of aryl methyl sites for hydroxylation is 2. The number of H-pyrrole nitrogens is 1. The highest BCUT2D eigenvalue weighted by molar-refractivity contribution is 5.91. The Hall–Kier alpha value is -2.13. The molecule has 0 aliphatic rings. The topological polar surface area (TPSA) is 54.7 Å². The van der Waals surface area contributed by atoms with Crippen LogP contribution in [-0.2, 0) is 6.54 Å². The Morgan fingerprint density at radius 3 is 2.79 bits per heavy atom. The van der Waals surface area contributed by atoms with Crippen LogP contribution in [0.5, 0.6) is 0 Å². The van der Waals surface area contributed by atoms with Crippen LogP contribution in [0.25, 0.3) is 22.2 Å². The molecule has 0 bridgehead atoms. The molecule has 2 heterocycles. The van der Waals surface area contributed by atoms with Crippen LogP contribution in [0.3, 0.4) is 0 Å². The summed E-state index contributed by atoms with van der Waals surface area (Å²) in [4.78, 5) is 7.85. The van der Waals surface area contributed by atoms with E-state index >= 15 is 0 Å². The van der Waals surface area contributed by atoms with E-state index in [1.54, 1.807) is 0 Å². The summed E-state index contributed by atoms with van der Waals surface area (Å²) in [7, 11) is 0. The van der Waals surface area contributed by atoms with Crippen LogP contribution in [0.4, 0.5) is 0 Å². The van der Waals surface area contributed by atoms with Crippen molar-refractivity contribution in [1.82, 2.24) is 9.97 Å². The second-order valence-corrected chi connectivity index (χ2v) is 4.85. The molecule has 0 saturated heterocycles. The van der Waals surface area contributed by atoms with Crippen molar-refractivity contribution >= 4 is 10.9 Å². The molecule has 3 rings (SSSR count). The minimum atomic E-state index is 0.571. The fraction of sp³-hybridized carbons (Fsp3) is 0.188. The molecule has 96 valence electrons. The van der Waals surface area contributed by atoms with Gasteiger partial charge in [-0.1, -0.05) is 6.07 Å². The van der Waals surface area contributed by atoms with Gasteiger partial charge in [-0.15, -0.1) is 0 Å². The molecular weight excluding hydrogens is 234 g/mol. The third-order valence-electron chi connectivity index (χ3n) is 3.63. The van der Waals surface area contributed by atoms with Gasteiger partial charge < -0.3 is 10.7 Å². The minimum absolute atomic E-state index is 0.571. The summed E-state index contributed by atoms with van der Waals surface area (Å²) in [6.45, 7) is 4.74. The summed E-state index contributed by atoms with van der Waals surface area (Å²) in [5.41, 5.74) is 12.6. The first-order chi connectivity index (χ1) is 9.20. The smallest absolute Gasteiger partial charge is 0.0512 e. The van der Waals surface area contributed by atoms with Gasteiger partial charge in [0.2, 0.25) is 0 Å².